The predicted molar refractivity (Wildman–Crippen MR) is 86.3 cm³/mol. The molecule has 21 heavy (non-hydrogen) atoms. The van der Waals surface area contributed by atoms with Crippen LogP contribution in [-0.4, -0.2) is 30.2 Å². The molecule has 1 aromatic heterocycles. The number of rotatable bonds is 6. The van der Waals surface area contributed by atoms with Gasteiger partial charge in [0.2, 0.25) is 0 Å². The molecule has 0 atom stereocenters. The minimum Gasteiger partial charge on any atom is -0.393 e. The number of halogens is 1. The Kier molecular flexibility index (Phi) is 5.19. The minimum atomic E-state index is 0.452. The van der Waals surface area contributed by atoms with Crippen molar-refractivity contribution < 1.29 is 4.74 Å². The highest BCUT2D eigenvalue weighted by molar-refractivity contribution is 6.31. The van der Waals surface area contributed by atoms with E-state index in [-0.39, 0.29) is 0 Å². The van der Waals surface area contributed by atoms with Crippen LogP contribution in [0.5, 0.6) is 0 Å². The van der Waals surface area contributed by atoms with Gasteiger partial charge in [-0.25, -0.2) is 9.97 Å². The van der Waals surface area contributed by atoms with Crippen molar-refractivity contribution in [3.05, 3.63) is 35.1 Å². The van der Waals surface area contributed by atoms with Crippen molar-refractivity contribution in [2.24, 2.45) is 0 Å². The largest absolute Gasteiger partial charge is 0.393 e. The second-order valence-corrected chi connectivity index (χ2v) is 4.85. The Hall–Kier alpha value is -2.05. The van der Waals surface area contributed by atoms with Crippen LogP contribution in [0, 0.1) is 6.92 Å². The van der Waals surface area contributed by atoms with Crippen molar-refractivity contribution in [3.63, 3.8) is 0 Å². The fourth-order valence-electron chi connectivity index (χ4n) is 1.78. The molecule has 0 bridgehead atoms. The summed E-state index contributed by atoms with van der Waals surface area (Å²) < 4.78 is 4.98. The molecule has 0 saturated heterocycles. The first-order chi connectivity index (χ1) is 10.1. The molecular weight excluding hydrogens is 290 g/mol. The average molecular weight is 308 g/mol. The normalized spacial score (nSPS) is 10.4. The van der Waals surface area contributed by atoms with Crippen molar-refractivity contribution in [3.8, 4) is 0 Å². The molecule has 2 aromatic rings. The van der Waals surface area contributed by atoms with Crippen LogP contribution in [0.25, 0.3) is 0 Å². The number of ether oxygens (including phenoxy) is 1. The molecule has 1 heterocycles. The van der Waals surface area contributed by atoms with E-state index in [1.165, 1.54) is 6.33 Å². The summed E-state index contributed by atoms with van der Waals surface area (Å²) in [5.41, 5.74) is 8.32. The molecule has 7 heteroatoms. The summed E-state index contributed by atoms with van der Waals surface area (Å²) in [4.78, 5) is 8.30. The smallest absolute Gasteiger partial charge is 0.159 e. The Labute approximate surface area is 128 Å². The van der Waals surface area contributed by atoms with E-state index < -0.39 is 0 Å². The van der Waals surface area contributed by atoms with Crippen LogP contribution in [0.2, 0.25) is 5.02 Å². The van der Waals surface area contributed by atoms with E-state index in [2.05, 4.69) is 20.6 Å². The monoisotopic (exact) mass is 307 g/mol. The molecule has 0 amide bonds. The lowest BCUT2D eigenvalue weighted by Crippen LogP contribution is -2.12. The third-order valence-electron chi connectivity index (χ3n) is 3.00. The van der Waals surface area contributed by atoms with Gasteiger partial charge in [0, 0.05) is 24.4 Å². The molecule has 6 nitrogen and oxygen atoms in total. The van der Waals surface area contributed by atoms with Crippen molar-refractivity contribution in [2.75, 3.05) is 36.6 Å². The number of hydrogen-bond acceptors (Lipinski definition) is 6. The Morgan fingerprint density at radius 3 is 2.81 bits per heavy atom. The zero-order valence-electron chi connectivity index (χ0n) is 12.0. The standard InChI is InChI=1S/C14H18ClN5O/c1-9-10(15)4-3-5-11(9)20-14-12(16)13(18-8-19-14)17-6-7-21-2/h3-5,8H,6-7,16H2,1-2H3,(H2,17,18,19,20). The lowest BCUT2D eigenvalue weighted by atomic mass is 10.2. The molecule has 112 valence electrons. The molecule has 0 aliphatic rings. The van der Waals surface area contributed by atoms with Gasteiger partial charge in [0.25, 0.3) is 0 Å². The second kappa shape index (κ2) is 7.10. The van der Waals surface area contributed by atoms with Gasteiger partial charge in [0.15, 0.2) is 11.6 Å². The topological polar surface area (TPSA) is 85.1 Å². The quantitative estimate of drug-likeness (QED) is 0.712. The van der Waals surface area contributed by atoms with Gasteiger partial charge >= 0.3 is 0 Å². The molecule has 0 unspecified atom stereocenters. The number of nitrogens with zero attached hydrogens (tertiary/aromatic N) is 2. The SMILES string of the molecule is COCCNc1ncnc(Nc2cccc(Cl)c2C)c1N. The van der Waals surface area contributed by atoms with E-state index in [1.54, 1.807) is 7.11 Å². The van der Waals surface area contributed by atoms with Crippen LogP contribution in [0.15, 0.2) is 24.5 Å². The first kappa shape index (κ1) is 15.3. The molecule has 2 rings (SSSR count). The minimum absolute atomic E-state index is 0.452. The van der Waals surface area contributed by atoms with E-state index in [1.807, 2.05) is 25.1 Å². The van der Waals surface area contributed by atoms with E-state index in [0.717, 1.165) is 11.3 Å². The maximum atomic E-state index is 6.11. The number of methoxy groups -OCH3 is 1. The highest BCUT2D eigenvalue weighted by Crippen LogP contribution is 2.29. The summed E-state index contributed by atoms with van der Waals surface area (Å²) in [6, 6.07) is 5.62. The number of hydrogen-bond donors (Lipinski definition) is 3. The Morgan fingerprint density at radius 2 is 2.05 bits per heavy atom. The van der Waals surface area contributed by atoms with Crippen molar-refractivity contribution in [1.29, 1.82) is 0 Å². The third-order valence-corrected chi connectivity index (χ3v) is 3.41. The number of nitrogens with one attached hydrogen (secondary N) is 2. The summed E-state index contributed by atoms with van der Waals surface area (Å²) in [7, 11) is 1.64. The molecular formula is C14H18ClN5O. The summed E-state index contributed by atoms with van der Waals surface area (Å²) >= 11 is 6.11. The van der Waals surface area contributed by atoms with Crippen molar-refractivity contribution >= 4 is 34.6 Å². The summed E-state index contributed by atoms with van der Waals surface area (Å²) in [5, 5.41) is 6.97. The predicted octanol–water partition coefficient (Wildman–Crippen LogP) is 2.82. The van der Waals surface area contributed by atoms with Gasteiger partial charge in [-0.3, -0.25) is 0 Å². The average Bonchev–Trinajstić information content (AvgIpc) is 2.48. The molecule has 0 aliphatic heterocycles. The number of aromatic nitrogens is 2. The number of nitrogen functional groups attached to an aromatic ring is 1. The van der Waals surface area contributed by atoms with Crippen LogP contribution in [-0.2, 0) is 4.74 Å². The molecule has 0 radical (unpaired) electrons. The summed E-state index contributed by atoms with van der Waals surface area (Å²) in [6.07, 6.45) is 1.45. The van der Waals surface area contributed by atoms with Crippen LogP contribution >= 0.6 is 11.6 Å². The fraction of sp³-hybridized carbons (Fsp3) is 0.286. The van der Waals surface area contributed by atoms with Gasteiger partial charge < -0.3 is 21.1 Å². The first-order valence-corrected chi connectivity index (χ1v) is 6.86. The highest BCUT2D eigenvalue weighted by Gasteiger charge is 2.10. The first-order valence-electron chi connectivity index (χ1n) is 6.49. The van der Waals surface area contributed by atoms with E-state index >= 15 is 0 Å². The maximum Gasteiger partial charge on any atom is 0.159 e. The Balaban J connectivity index is 2.20. The second-order valence-electron chi connectivity index (χ2n) is 4.44. The number of anilines is 4. The van der Waals surface area contributed by atoms with E-state index in [9.17, 15) is 0 Å². The summed E-state index contributed by atoms with van der Waals surface area (Å²) in [6.45, 7) is 3.12. The van der Waals surface area contributed by atoms with E-state index in [4.69, 9.17) is 22.1 Å². The van der Waals surface area contributed by atoms with Crippen LogP contribution in [0.3, 0.4) is 0 Å². The third kappa shape index (κ3) is 3.74. The van der Waals surface area contributed by atoms with Crippen LogP contribution < -0.4 is 16.4 Å². The molecule has 4 N–H and O–H groups in total. The van der Waals surface area contributed by atoms with Gasteiger partial charge in [-0.15, -0.1) is 0 Å². The molecule has 0 spiro atoms. The number of nitrogens with two attached hydrogens (primary N) is 1. The van der Waals surface area contributed by atoms with Crippen molar-refractivity contribution in [1.82, 2.24) is 9.97 Å². The zero-order chi connectivity index (χ0) is 15.2. The zero-order valence-corrected chi connectivity index (χ0v) is 12.7. The number of benzene rings is 1. The van der Waals surface area contributed by atoms with Crippen molar-refractivity contribution in [2.45, 2.75) is 6.92 Å². The maximum absolute atomic E-state index is 6.11. The van der Waals surface area contributed by atoms with Crippen LogP contribution in [0.1, 0.15) is 5.56 Å². The lowest BCUT2D eigenvalue weighted by molar-refractivity contribution is 0.210. The Bertz CT molecular complexity index is 620. The molecule has 0 aliphatic carbocycles. The van der Waals surface area contributed by atoms with Crippen LogP contribution in [0.4, 0.5) is 23.0 Å². The molecule has 0 saturated carbocycles. The highest BCUT2D eigenvalue weighted by atomic mass is 35.5. The fourth-order valence-corrected chi connectivity index (χ4v) is 1.95. The van der Waals surface area contributed by atoms with Gasteiger partial charge in [0.1, 0.15) is 12.0 Å². The Morgan fingerprint density at radius 1 is 1.29 bits per heavy atom. The van der Waals surface area contributed by atoms with Gasteiger partial charge in [0.05, 0.1) is 6.61 Å². The van der Waals surface area contributed by atoms with Gasteiger partial charge in [-0.1, -0.05) is 17.7 Å². The lowest BCUT2D eigenvalue weighted by Gasteiger charge is -2.14. The van der Waals surface area contributed by atoms with E-state index in [0.29, 0.717) is 35.5 Å². The van der Waals surface area contributed by atoms with Gasteiger partial charge in [-0.05, 0) is 24.6 Å². The van der Waals surface area contributed by atoms with Gasteiger partial charge in [-0.2, -0.15) is 0 Å². The molecule has 0 fully saturated rings. The molecule has 1 aromatic carbocycles. The summed E-state index contributed by atoms with van der Waals surface area (Å²) in [5.74, 6) is 1.11.